The van der Waals surface area contributed by atoms with Crippen molar-refractivity contribution in [1.29, 1.82) is 5.26 Å². The van der Waals surface area contributed by atoms with Gasteiger partial charge in [0.15, 0.2) is 11.6 Å². The number of imidazole rings is 1. The van der Waals surface area contributed by atoms with Crippen molar-refractivity contribution < 1.29 is 14.3 Å². The molecular weight excluding hydrogens is 376 g/mol. The fourth-order valence-electron chi connectivity index (χ4n) is 3.11. The lowest BCUT2D eigenvalue weighted by molar-refractivity contribution is -0.141. The summed E-state index contributed by atoms with van der Waals surface area (Å²) < 4.78 is 8.90. The van der Waals surface area contributed by atoms with Crippen LogP contribution in [0.25, 0.3) is 15.9 Å². The number of carbonyl (C=O) groups is 2. The molecule has 0 unspecified atom stereocenters. The zero-order valence-corrected chi connectivity index (χ0v) is 15.7. The number of rotatable bonds is 7. The first-order valence-electron chi connectivity index (χ1n) is 8.70. The van der Waals surface area contributed by atoms with E-state index in [2.05, 4.69) is 11.1 Å². The molecule has 4 rings (SSSR count). The maximum Gasteiger partial charge on any atom is 0.312 e. The maximum atomic E-state index is 12.6. The Kier molecular flexibility index (Phi) is 4.91. The van der Waals surface area contributed by atoms with Crippen LogP contribution in [0, 0.1) is 11.3 Å². The van der Waals surface area contributed by atoms with Gasteiger partial charge in [0.25, 0.3) is 0 Å². The average Bonchev–Trinajstić information content (AvgIpc) is 3.38. The molecule has 0 aliphatic heterocycles. The fourth-order valence-corrected chi connectivity index (χ4v) is 3.83. The van der Waals surface area contributed by atoms with E-state index in [1.54, 1.807) is 12.4 Å². The number of aryl methyl sites for hydroxylation is 1. The van der Waals surface area contributed by atoms with E-state index in [1.807, 2.05) is 44.8 Å². The molecule has 0 atom stereocenters. The van der Waals surface area contributed by atoms with E-state index in [1.165, 1.54) is 11.3 Å². The van der Waals surface area contributed by atoms with Crippen LogP contribution < -0.4 is 0 Å². The number of ketones is 1. The predicted molar refractivity (Wildman–Crippen MR) is 104 cm³/mol. The van der Waals surface area contributed by atoms with Gasteiger partial charge in [0.1, 0.15) is 0 Å². The first kappa shape index (κ1) is 17.9. The van der Waals surface area contributed by atoms with Crippen molar-refractivity contribution in [2.45, 2.75) is 19.4 Å². The Morgan fingerprint density at radius 2 is 2.11 bits per heavy atom. The van der Waals surface area contributed by atoms with Crippen LogP contribution in [0.3, 0.4) is 0 Å². The normalized spacial score (nSPS) is 11.0. The third-order valence-corrected chi connectivity index (χ3v) is 5.16. The molecule has 0 aliphatic carbocycles. The van der Waals surface area contributed by atoms with Gasteiger partial charge in [-0.3, -0.25) is 14.0 Å². The summed E-state index contributed by atoms with van der Waals surface area (Å²) in [6.07, 6.45) is 5.74. The summed E-state index contributed by atoms with van der Waals surface area (Å²) in [5.74, 6) is -0.765. The van der Waals surface area contributed by atoms with Gasteiger partial charge in [-0.25, -0.2) is 4.98 Å². The molecule has 3 aromatic heterocycles. The highest BCUT2D eigenvalue weighted by Crippen LogP contribution is 2.22. The minimum Gasteiger partial charge on any atom is -0.457 e. The first-order chi connectivity index (χ1) is 13.7. The number of hydrogen-bond acceptors (Lipinski definition) is 6. The molecule has 140 valence electrons. The Balaban J connectivity index is 1.44. The van der Waals surface area contributed by atoms with Gasteiger partial charge < -0.3 is 9.30 Å². The van der Waals surface area contributed by atoms with Crippen molar-refractivity contribution in [3.05, 3.63) is 59.5 Å². The summed E-state index contributed by atoms with van der Waals surface area (Å²) in [6, 6.07) is 9.60. The molecule has 0 amide bonds. The van der Waals surface area contributed by atoms with E-state index in [0.29, 0.717) is 24.2 Å². The number of Topliss-reactive ketones (excluding diaryl/α,β-unsaturated/α-hetero) is 1. The molecular formula is C20H16N4O3S. The van der Waals surface area contributed by atoms with Gasteiger partial charge in [0, 0.05) is 47.0 Å². The zero-order chi connectivity index (χ0) is 19.5. The van der Waals surface area contributed by atoms with Crippen LogP contribution in [0.2, 0.25) is 0 Å². The number of aromatic nitrogens is 3. The number of carbonyl (C=O) groups excluding carboxylic acids is 2. The average molecular weight is 392 g/mol. The number of fused-ring (bicyclic) bond motifs is 2. The second kappa shape index (κ2) is 7.66. The highest BCUT2D eigenvalue weighted by molar-refractivity contribution is 7.15. The molecule has 3 heterocycles. The number of hydrogen-bond donors (Lipinski definition) is 0. The van der Waals surface area contributed by atoms with Crippen LogP contribution in [0.15, 0.2) is 48.2 Å². The second-order valence-electron chi connectivity index (χ2n) is 6.25. The van der Waals surface area contributed by atoms with E-state index in [-0.39, 0.29) is 18.8 Å². The molecule has 28 heavy (non-hydrogen) atoms. The topological polar surface area (TPSA) is 89.4 Å². The Morgan fingerprint density at radius 3 is 2.93 bits per heavy atom. The van der Waals surface area contributed by atoms with Gasteiger partial charge in [-0.15, -0.1) is 11.3 Å². The summed E-state index contributed by atoms with van der Waals surface area (Å²) in [5.41, 5.74) is 1.98. The maximum absolute atomic E-state index is 12.6. The number of nitriles is 1. The first-order valence-corrected chi connectivity index (χ1v) is 9.58. The van der Waals surface area contributed by atoms with Gasteiger partial charge in [-0.1, -0.05) is 18.2 Å². The molecule has 0 fully saturated rings. The number of ether oxygens (including phenoxy) is 1. The minimum atomic E-state index is -0.493. The summed E-state index contributed by atoms with van der Waals surface area (Å²) in [5, 5.41) is 11.5. The van der Waals surface area contributed by atoms with Crippen molar-refractivity contribution >= 4 is 39.0 Å². The fraction of sp³-hybridized carbons (Fsp3) is 0.200. The van der Waals surface area contributed by atoms with Crippen molar-refractivity contribution in [2.75, 3.05) is 6.61 Å². The summed E-state index contributed by atoms with van der Waals surface area (Å²) in [6.45, 7) is 0.175. The summed E-state index contributed by atoms with van der Waals surface area (Å²) in [7, 11) is 0. The lowest BCUT2D eigenvalue weighted by atomic mass is 10.1. The number of benzene rings is 1. The van der Waals surface area contributed by atoms with E-state index >= 15 is 0 Å². The Morgan fingerprint density at radius 1 is 1.25 bits per heavy atom. The van der Waals surface area contributed by atoms with Gasteiger partial charge in [-0.05, 0) is 6.07 Å². The molecule has 0 N–H and O–H groups in total. The third-order valence-electron chi connectivity index (χ3n) is 4.39. The molecule has 0 bridgehead atoms. The SMILES string of the molecule is N#CCCn1cc(C(=O)COC(=O)Cc2cn3ccsc3n2)c2ccccc21. The van der Waals surface area contributed by atoms with Gasteiger partial charge in [-0.2, -0.15) is 5.26 Å². The standard InChI is InChI=1S/C20H16N4O3S/c21-6-3-7-23-12-16(15-4-1-2-5-17(15)23)18(25)13-27-19(26)10-14-11-24-8-9-28-20(24)22-14/h1-2,4-5,8-9,11-12H,3,7,10,13H2. The summed E-state index contributed by atoms with van der Waals surface area (Å²) >= 11 is 1.48. The van der Waals surface area contributed by atoms with Crippen LogP contribution in [-0.4, -0.2) is 32.3 Å². The quantitative estimate of drug-likeness (QED) is 0.356. The van der Waals surface area contributed by atoms with Crippen molar-refractivity contribution in [3.8, 4) is 6.07 Å². The molecule has 0 saturated carbocycles. The number of esters is 1. The molecule has 0 saturated heterocycles. The van der Waals surface area contributed by atoms with Crippen LogP contribution >= 0.6 is 11.3 Å². The van der Waals surface area contributed by atoms with Gasteiger partial charge in [0.05, 0.1) is 24.6 Å². The Bertz CT molecular complexity index is 1180. The van der Waals surface area contributed by atoms with E-state index < -0.39 is 5.97 Å². The highest BCUT2D eigenvalue weighted by Gasteiger charge is 2.17. The van der Waals surface area contributed by atoms with Crippen molar-refractivity contribution in [3.63, 3.8) is 0 Å². The van der Waals surface area contributed by atoms with Crippen LogP contribution in [0.5, 0.6) is 0 Å². The predicted octanol–water partition coefficient (Wildman–Crippen LogP) is 3.23. The van der Waals surface area contributed by atoms with Crippen molar-refractivity contribution in [1.82, 2.24) is 14.0 Å². The van der Waals surface area contributed by atoms with E-state index in [0.717, 1.165) is 15.9 Å². The van der Waals surface area contributed by atoms with Crippen LogP contribution in [0.1, 0.15) is 22.5 Å². The number of para-hydroxylation sites is 1. The lowest BCUT2D eigenvalue weighted by Crippen LogP contribution is -2.15. The summed E-state index contributed by atoms with van der Waals surface area (Å²) in [4.78, 5) is 29.9. The number of nitrogens with zero attached hydrogens (tertiary/aromatic N) is 4. The lowest BCUT2D eigenvalue weighted by Gasteiger charge is -2.02. The monoisotopic (exact) mass is 392 g/mol. The van der Waals surface area contributed by atoms with Crippen LogP contribution in [0.4, 0.5) is 0 Å². The molecule has 8 heteroatoms. The van der Waals surface area contributed by atoms with E-state index in [4.69, 9.17) is 10.00 Å². The molecule has 0 spiro atoms. The van der Waals surface area contributed by atoms with Crippen molar-refractivity contribution in [2.24, 2.45) is 0 Å². The molecule has 0 radical (unpaired) electrons. The van der Waals surface area contributed by atoms with Gasteiger partial charge in [0.2, 0.25) is 5.78 Å². The Labute approximate surface area is 164 Å². The largest absolute Gasteiger partial charge is 0.457 e. The smallest absolute Gasteiger partial charge is 0.312 e. The highest BCUT2D eigenvalue weighted by atomic mass is 32.1. The van der Waals surface area contributed by atoms with E-state index in [9.17, 15) is 9.59 Å². The van der Waals surface area contributed by atoms with Gasteiger partial charge >= 0.3 is 5.97 Å². The third kappa shape index (κ3) is 3.52. The molecule has 1 aromatic carbocycles. The minimum absolute atomic E-state index is 0.0195. The Hall–Kier alpha value is -3.44. The number of thiazole rings is 1. The zero-order valence-electron chi connectivity index (χ0n) is 14.9. The molecule has 4 aromatic rings. The second-order valence-corrected chi connectivity index (χ2v) is 7.12. The molecule has 0 aliphatic rings. The van der Waals surface area contributed by atoms with Crippen LogP contribution in [-0.2, 0) is 22.5 Å². The molecule has 7 nitrogen and oxygen atoms in total.